The van der Waals surface area contributed by atoms with E-state index >= 15 is 0 Å². The molecule has 0 aliphatic heterocycles. The third-order valence-corrected chi connectivity index (χ3v) is 4.68. The molecule has 0 bridgehead atoms. The Balaban J connectivity index is 2.81. The second-order valence-electron chi connectivity index (χ2n) is 4.33. The van der Waals surface area contributed by atoms with E-state index in [2.05, 4.69) is 11.6 Å². The predicted octanol–water partition coefficient (Wildman–Crippen LogP) is 3.11. The first-order valence-corrected chi connectivity index (χ1v) is 8.18. The molecule has 0 saturated heterocycles. The van der Waals surface area contributed by atoms with Crippen molar-refractivity contribution in [3.05, 3.63) is 33.3 Å². The van der Waals surface area contributed by atoms with Gasteiger partial charge in [-0.15, -0.1) is 0 Å². The maximum atomic E-state index is 12.0. The second kappa shape index (κ2) is 7.56. The molecule has 1 aromatic carbocycles. The molecule has 0 aromatic heterocycles. The zero-order valence-corrected chi connectivity index (χ0v) is 12.7. The maximum Gasteiger partial charge on any atom is 0.270 e. The summed E-state index contributed by atoms with van der Waals surface area (Å²) in [4.78, 5) is 9.75. The largest absolute Gasteiger partial charge is 0.270 e. The number of benzene rings is 1. The lowest BCUT2D eigenvalue weighted by Gasteiger charge is -2.08. The van der Waals surface area contributed by atoms with E-state index in [0.29, 0.717) is 6.54 Å². The third-order valence-electron chi connectivity index (χ3n) is 2.74. The Morgan fingerprint density at radius 1 is 1.30 bits per heavy atom. The fourth-order valence-corrected chi connectivity index (χ4v) is 3.24. The van der Waals surface area contributed by atoms with Gasteiger partial charge in [0.25, 0.3) is 5.69 Å². The molecule has 0 unspecified atom stereocenters. The molecule has 0 atom stereocenters. The van der Waals surface area contributed by atoms with E-state index in [1.165, 1.54) is 12.1 Å². The minimum atomic E-state index is -3.82. The number of nitro benzene ring substituents is 1. The van der Waals surface area contributed by atoms with E-state index in [0.717, 1.165) is 31.7 Å². The van der Waals surface area contributed by atoms with Crippen molar-refractivity contribution in [1.82, 2.24) is 4.72 Å². The molecule has 0 spiro atoms. The topological polar surface area (TPSA) is 89.3 Å². The Bertz CT molecular complexity index is 575. The summed E-state index contributed by atoms with van der Waals surface area (Å²) in [6.45, 7) is 2.36. The highest BCUT2D eigenvalue weighted by Crippen LogP contribution is 2.25. The zero-order chi connectivity index (χ0) is 15.2. The van der Waals surface area contributed by atoms with Gasteiger partial charge in [-0.2, -0.15) is 0 Å². The standard InChI is InChI=1S/C12H17ClN2O4S/c1-2-3-4-5-8-14-20(18,19)12-9-10(15(16)17)6-7-11(12)13/h6-7,9,14H,2-5,8H2,1H3. The van der Waals surface area contributed by atoms with Crippen LogP contribution in [0.25, 0.3) is 0 Å². The molecule has 0 fully saturated rings. The lowest BCUT2D eigenvalue weighted by Crippen LogP contribution is -2.25. The molecule has 6 nitrogen and oxygen atoms in total. The number of hydrogen-bond donors (Lipinski definition) is 1. The van der Waals surface area contributed by atoms with Crippen molar-refractivity contribution in [2.45, 2.75) is 37.5 Å². The molecule has 0 heterocycles. The fraction of sp³-hybridized carbons (Fsp3) is 0.500. The van der Waals surface area contributed by atoms with E-state index in [1.54, 1.807) is 0 Å². The SMILES string of the molecule is CCCCCCNS(=O)(=O)c1cc([N+](=O)[O-])ccc1Cl. The van der Waals surface area contributed by atoms with Gasteiger partial charge in [0.2, 0.25) is 10.0 Å². The number of hydrogen-bond acceptors (Lipinski definition) is 4. The van der Waals surface area contributed by atoms with Gasteiger partial charge in [-0.1, -0.05) is 37.8 Å². The van der Waals surface area contributed by atoms with Crippen LogP contribution in [0.4, 0.5) is 5.69 Å². The van der Waals surface area contributed by atoms with Gasteiger partial charge in [0.15, 0.2) is 0 Å². The summed E-state index contributed by atoms with van der Waals surface area (Å²) in [6.07, 6.45) is 3.75. The van der Waals surface area contributed by atoms with E-state index in [9.17, 15) is 18.5 Å². The Morgan fingerprint density at radius 2 is 2.00 bits per heavy atom. The maximum absolute atomic E-state index is 12.0. The van der Waals surface area contributed by atoms with Crippen molar-refractivity contribution in [3.8, 4) is 0 Å². The van der Waals surface area contributed by atoms with Crippen molar-refractivity contribution >= 4 is 27.3 Å². The number of nitrogens with one attached hydrogen (secondary N) is 1. The quantitative estimate of drug-likeness (QED) is 0.453. The Labute approximate surface area is 123 Å². The summed E-state index contributed by atoms with van der Waals surface area (Å²) >= 11 is 5.81. The van der Waals surface area contributed by atoms with Crippen LogP contribution in [0.2, 0.25) is 5.02 Å². The molecule has 0 aliphatic carbocycles. The highest BCUT2D eigenvalue weighted by molar-refractivity contribution is 7.89. The van der Waals surface area contributed by atoms with Gasteiger partial charge >= 0.3 is 0 Å². The number of non-ortho nitro benzene ring substituents is 1. The molecular weight excluding hydrogens is 304 g/mol. The van der Waals surface area contributed by atoms with Crippen LogP contribution in [-0.2, 0) is 10.0 Å². The van der Waals surface area contributed by atoms with E-state index in [1.807, 2.05) is 0 Å². The Morgan fingerprint density at radius 3 is 2.60 bits per heavy atom. The van der Waals surface area contributed by atoms with Crippen LogP contribution in [0.5, 0.6) is 0 Å². The van der Waals surface area contributed by atoms with Crippen molar-refractivity contribution in [2.75, 3.05) is 6.54 Å². The first-order valence-electron chi connectivity index (χ1n) is 6.32. The average molecular weight is 321 g/mol. The fourth-order valence-electron chi connectivity index (χ4n) is 1.65. The average Bonchev–Trinajstić information content (AvgIpc) is 2.38. The molecule has 0 radical (unpaired) electrons. The monoisotopic (exact) mass is 320 g/mol. The molecule has 1 aromatic rings. The van der Waals surface area contributed by atoms with Crippen LogP contribution in [0.15, 0.2) is 23.1 Å². The van der Waals surface area contributed by atoms with Crippen molar-refractivity contribution in [3.63, 3.8) is 0 Å². The summed E-state index contributed by atoms with van der Waals surface area (Å²) < 4.78 is 26.5. The Hall–Kier alpha value is -1.18. The van der Waals surface area contributed by atoms with Crippen LogP contribution in [-0.4, -0.2) is 19.9 Å². The number of rotatable bonds is 8. The van der Waals surface area contributed by atoms with Gasteiger partial charge < -0.3 is 0 Å². The van der Waals surface area contributed by atoms with Gasteiger partial charge in [0, 0.05) is 18.7 Å². The summed E-state index contributed by atoms with van der Waals surface area (Å²) in [6, 6.07) is 3.35. The minimum absolute atomic E-state index is 0.0309. The lowest BCUT2D eigenvalue weighted by molar-refractivity contribution is -0.385. The van der Waals surface area contributed by atoms with Crippen molar-refractivity contribution in [2.24, 2.45) is 0 Å². The van der Waals surface area contributed by atoms with Crippen LogP contribution in [0, 0.1) is 10.1 Å². The number of sulfonamides is 1. The Kier molecular flexibility index (Phi) is 6.38. The van der Waals surface area contributed by atoms with Crippen LogP contribution < -0.4 is 4.72 Å². The van der Waals surface area contributed by atoms with Gasteiger partial charge in [0.1, 0.15) is 4.90 Å². The molecule has 0 amide bonds. The summed E-state index contributed by atoms with van der Waals surface area (Å²) in [5.74, 6) is 0. The zero-order valence-electron chi connectivity index (χ0n) is 11.1. The molecule has 112 valence electrons. The van der Waals surface area contributed by atoms with Gasteiger partial charge in [0.05, 0.1) is 9.95 Å². The first-order chi connectivity index (χ1) is 9.38. The highest BCUT2D eigenvalue weighted by atomic mass is 35.5. The van der Waals surface area contributed by atoms with Crippen LogP contribution >= 0.6 is 11.6 Å². The molecule has 8 heteroatoms. The highest BCUT2D eigenvalue weighted by Gasteiger charge is 2.20. The molecule has 20 heavy (non-hydrogen) atoms. The summed E-state index contributed by atoms with van der Waals surface area (Å²) in [7, 11) is -3.82. The summed E-state index contributed by atoms with van der Waals surface area (Å²) in [5, 5.41) is 10.6. The van der Waals surface area contributed by atoms with Gasteiger partial charge in [-0.25, -0.2) is 13.1 Å². The number of nitro groups is 1. The molecular formula is C12H17ClN2O4S. The first kappa shape index (κ1) is 16.9. The minimum Gasteiger partial charge on any atom is -0.258 e. The predicted molar refractivity (Wildman–Crippen MR) is 77.4 cm³/mol. The van der Waals surface area contributed by atoms with Gasteiger partial charge in [-0.05, 0) is 12.5 Å². The normalized spacial score (nSPS) is 11.5. The van der Waals surface area contributed by atoms with Crippen LogP contribution in [0.1, 0.15) is 32.6 Å². The van der Waals surface area contributed by atoms with E-state index < -0.39 is 14.9 Å². The lowest BCUT2D eigenvalue weighted by atomic mass is 10.2. The molecule has 1 rings (SSSR count). The number of nitrogens with zero attached hydrogens (tertiary/aromatic N) is 1. The van der Waals surface area contributed by atoms with E-state index in [4.69, 9.17) is 11.6 Å². The van der Waals surface area contributed by atoms with Gasteiger partial charge in [-0.3, -0.25) is 10.1 Å². The van der Waals surface area contributed by atoms with Crippen LogP contribution in [0.3, 0.4) is 0 Å². The smallest absolute Gasteiger partial charge is 0.258 e. The number of halogens is 1. The molecule has 0 saturated carbocycles. The molecule has 0 aliphatic rings. The van der Waals surface area contributed by atoms with Crippen molar-refractivity contribution < 1.29 is 13.3 Å². The second-order valence-corrected chi connectivity index (χ2v) is 6.47. The third kappa shape index (κ3) is 4.73. The van der Waals surface area contributed by atoms with E-state index in [-0.39, 0.29) is 15.6 Å². The summed E-state index contributed by atoms with van der Waals surface area (Å²) in [5.41, 5.74) is -0.305. The van der Waals surface area contributed by atoms with Crippen molar-refractivity contribution in [1.29, 1.82) is 0 Å². The molecule has 1 N–H and O–H groups in total. The number of unbranched alkanes of at least 4 members (excludes halogenated alkanes) is 3.